The highest BCUT2D eigenvalue weighted by Gasteiger charge is 2.21. The third-order valence-electron chi connectivity index (χ3n) is 5.03. The third kappa shape index (κ3) is 4.96. The molecule has 3 aromatic rings. The zero-order valence-electron chi connectivity index (χ0n) is 18.5. The summed E-state index contributed by atoms with van der Waals surface area (Å²) in [7, 11) is 4.57. The van der Waals surface area contributed by atoms with E-state index < -0.39 is 0 Å². The minimum atomic E-state index is -0.271. The summed E-state index contributed by atoms with van der Waals surface area (Å²) < 4.78 is 16.2. The number of fused-ring (bicyclic) bond motifs is 1. The van der Waals surface area contributed by atoms with Crippen LogP contribution in [0.25, 0.3) is 10.9 Å². The average Bonchev–Trinajstić information content (AvgIpc) is 2.77. The van der Waals surface area contributed by atoms with Crippen molar-refractivity contribution in [1.29, 1.82) is 0 Å². The molecule has 2 aromatic carbocycles. The summed E-state index contributed by atoms with van der Waals surface area (Å²) in [6.07, 6.45) is 0.839. The molecule has 0 fully saturated rings. The number of nitrogens with one attached hydrogen (secondary N) is 1. The second-order valence-corrected chi connectivity index (χ2v) is 7.60. The molecular weight excluding hydrogens is 434 g/mol. The SMILES string of the molecule is CCCN(Cc1nc2cc(Cl)ccc2c(=O)[nH]1)C(=O)Cc1ccc(OC)c(OC)c1OC. The predicted octanol–water partition coefficient (Wildman–Crippen LogP) is 3.58. The van der Waals surface area contributed by atoms with Crippen LogP contribution in [-0.4, -0.2) is 48.6 Å². The third-order valence-corrected chi connectivity index (χ3v) is 5.27. The normalized spacial score (nSPS) is 10.8. The summed E-state index contributed by atoms with van der Waals surface area (Å²) in [4.78, 5) is 34.6. The molecule has 0 radical (unpaired) electrons. The first-order chi connectivity index (χ1) is 15.4. The molecule has 0 aliphatic heterocycles. The van der Waals surface area contributed by atoms with Crippen molar-refractivity contribution in [3.8, 4) is 17.2 Å². The van der Waals surface area contributed by atoms with Gasteiger partial charge < -0.3 is 24.1 Å². The molecule has 1 N–H and O–H groups in total. The van der Waals surface area contributed by atoms with E-state index >= 15 is 0 Å². The van der Waals surface area contributed by atoms with E-state index in [1.54, 1.807) is 35.2 Å². The highest BCUT2D eigenvalue weighted by Crippen LogP contribution is 2.40. The number of carbonyl (C=O) groups is 1. The summed E-state index contributed by atoms with van der Waals surface area (Å²) >= 11 is 6.05. The quantitative estimate of drug-likeness (QED) is 0.525. The molecule has 32 heavy (non-hydrogen) atoms. The second kappa shape index (κ2) is 10.4. The molecule has 0 atom stereocenters. The van der Waals surface area contributed by atoms with E-state index in [2.05, 4.69) is 9.97 Å². The van der Waals surface area contributed by atoms with Gasteiger partial charge in [-0.25, -0.2) is 4.98 Å². The molecule has 1 heterocycles. The number of carbonyl (C=O) groups excluding carboxylic acids is 1. The summed E-state index contributed by atoms with van der Waals surface area (Å²) in [5.41, 5.74) is 0.886. The van der Waals surface area contributed by atoms with Gasteiger partial charge in [0.1, 0.15) is 5.82 Å². The fourth-order valence-corrected chi connectivity index (χ4v) is 3.72. The minimum Gasteiger partial charge on any atom is -0.493 e. The van der Waals surface area contributed by atoms with Crippen molar-refractivity contribution < 1.29 is 19.0 Å². The summed E-state index contributed by atoms with van der Waals surface area (Å²) in [5.74, 6) is 1.66. The molecule has 0 saturated carbocycles. The van der Waals surface area contributed by atoms with E-state index in [-0.39, 0.29) is 24.4 Å². The number of H-pyrrole nitrogens is 1. The van der Waals surface area contributed by atoms with Crippen LogP contribution in [-0.2, 0) is 17.8 Å². The lowest BCUT2D eigenvalue weighted by molar-refractivity contribution is -0.131. The number of amides is 1. The number of hydrogen-bond acceptors (Lipinski definition) is 6. The second-order valence-electron chi connectivity index (χ2n) is 7.16. The Kier molecular flexibility index (Phi) is 7.58. The smallest absolute Gasteiger partial charge is 0.258 e. The van der Waals surface area contributed by atoms with Gasteiger partial charge in [-0.1, -0.05) is 24.6 Å². The van der Waals surface area contributed by atoms with E-state index in [9.17, 15) is 9.59 Å². The Balaban J connectivity index is 1.89. The van der Waals surface area contributed by atoms with E-state index in [1.165, 1.54) is 21.3 Å². The Hall–Kier alpha value is -3.26. The first-order valence-electron chi connectivity index (χ1n) is 10.2. The number of aromatic amines is 1. The number of halogens is 1. The Morgan fingerprint density at radius 2 is 1.84 bits per heavy atom. The maximum atomic E-state index is 13.2. The first-order valence-corrected chi connectivity index (χ1v) is 10.5. The van der Waals surface area contributed by atoms with E-state index in [0.29, 0.717) is 51.1 Å². The van der Waals surface area contributed by atoms with Crippen LogP contribution in [0.15, 0.2) is 35.1 Å². The van der Waals surface area contributed by atoms with Crippen molar-refractivity contribution in [3.05, 3.63) is 57.1 Å². The molecule has 0 aliphatic carbocycles. The van der Waals surface area contributed by atoms with E-state index in [0.717, 1.165) is 6.42 Å². The van der Waals surface area contributed by atoms with Crippen molar-refractivity contribution in [2.24, 2.45) is 0 Å². The maximum absolute atomic E-state index is 13.2. The molecule has 170 valence electrons. The number of aromatic nitrogens is 2. The van der Waals surface area contributed by atoms with Crippen molar-refractivity contribution >= 4 is 28.4 Å². The van der Waals surface area contributed by atoms with Crippen molar-refractivity contribution in [2.45, 2.75) is 26.3 Å². The number of ether oxygens (including phenoxy) is 3. The van der Waals surface area contributed by atoms with Gasteiger partial charge in [0, 0.05) is 17.1 Å². The first kappa shape index (κ1) is 23.4. The van der Waals surface area contributed by atoms with E-state index in [4.69, 9.17) is 25.8 Å². The molecule has 0 unspecified atom stereocenters. The van der Waals surface area contributed by atoms with Gasteiger partial charge >= 0.3 is 0 Å². The summed E-state index contributed by atoms with van der Waals surface area (Å²) in [5, 5.41) is 0.935. The molecule has 0 bridgehead atoms. The topological polar surface area (TPSA) is 93.8 Å². The van der Waals surface area contributed by atoms with Crippen LogP contribution in [0, 0.1) is 0 Å². The molecular formula is C23H26ClN3O5. The fraction of sp³-hybridized carbons (Fsp3) is 0.348. The monoisotopic (exact) mass is 459 g/mol. The van der Waals surface area contributed by atoms with Crippen LogP contribution in [0.5, 0.6) is 17.2 Å². The number of hydrogen-bond donors (Lipinski definition) is 1. The van der Waals surface area contributed by atoms with Gasteiger partial charge in [-0.15, -0.1) is 0 Å². The lowest BCUT2D eigenvalue weighted by atomic mass is 10.1. The van der Waals surface area contributed by atoms with Gasteiger partial charge in [-0.2, -0.15) is 0 Å². The fourth-order valence-electron chi connectivity index (χ4n) is 3.56. The standard InChI is InChI=1S/C23H26ClN3O5/c1-5-10-27(13-19-25-17-12-15(24)7-8-16(17)23(29)26-19)20(28)11-14-6-9-18(30-2)22(32-4)21(14)31-3/h6-9,12H,5,10-11,13H2,1-4H3,(H,25,26,29). The maximum Gasteiger partial charge on any atom is 0.258 e. The Labute approximate surface area is 191 Å². The summed E-state index contributed by atoms with van der Waals surface area (Å²) in [6, 6.07) is 8.42. The molecule has 3 rings (SSSR count). The average molecular weight is 460 g/mol. The van der Waals surface area contributed by atoms with Gasteiger partial charge in [0.25, 0.3) is 5.56 Å². The van der Waals surface area contributed by atoms with Gasteiger partial charge in [0.15, 0.2) is 11.5 Å². The van der Waals surface area contributed by atoms with Gasteiger partial charge in [0.05, 0.1) is 45.2 Å². The lowest BCUT2D eigenvalue weighted by Gasteiger charge is -2.23. The van der Waals surface area contributed by atoms with Crippen LogP contribution in [0.3, 0.4) is 0 Å². The molecule has 0 spiro atoms. The van der Waals surface area contributed by atoms with Crippen LogP contribution in [0.2, 0.25) is 5.02 Å². The zero-order chi connectivity index (χ0) is 23.3. The van der Waals surface area contributed by atoms with Crippen LogP contribution in [0.4, 0.5) is 0 Å². The molecule has 1 aromatic heterocycles. The van der Waals surface area contributed by atoms with Crippen LogP contribution >= 0.6 is 11.6 Å². The van der Waals surface area contributed by atoms with Crippen LogP contribution < -0.4 is 19.8 Å². The molecule has 0 saturated heterocycles. The number of methoxy groups -OCH3 is 3. The predicted molar refractivity (Wildman–Crippen MR) is 123 cm³/mol. The lowest BCUT2D eigenvalue weighted by Crippen LogP contribution is -2.34. The van der Waals surface area contributed by atoms with Gasteiger partial charge in [-0.05, 0) is 30.7 Å². The summed E-state index contributed by atoms with van der Waals surface area (Å²) in [6.45, 7) is 2.65. The number of benzene rings is 2. The van der Waals surface area contributed by atoms with E-state index in [1.807, 2.05) is 6.92 Å². The Morgan fingerprint density at radius 3 is 2.50 bits per heavy atom. The van der Waals surface area contributed by atoms with Gasteiger partial charge in [-0.3, -0.25) is 9.59 Å². The van der Waals surface area contributed by atoms with Crippen molar-refractivity contribution in [3.63, 3.8) is 0 Å². The number of rotatable bonds is 9. The largest absolute Gasteiger partial charge is 0.493 e. The van der Waals surface area contributed by atoms with Crippen molar-refractivity contribution in [1.82, 2.24) is 14.9 Å². The molecule has 0 aliphatic rings. The highest BCUT2D eigenvalue weighted by atomic mass is 35.5. The molecule has 8 nitrogen and oxygen atoms in total. The Bertz CT molecular complexity index is 1180. The molecule has 9 heteroatoms. The zero-order valence-corrected chi connectivity index (χ0v) is 19.3. The van der Waals surface area contributed by atoms with Gasteiger partial charge in [0.2, 0.25) is 11.7 Å². The molecule has 1 amide bonds. The highest BCUT2D eigenvalue weighted by molar-refractivity contribution is 6.31. The van der Waals surface area contributed by atoms with Crippen LogP contribution in [0.1, 0.15) is 24.7 Å². The van der Waals surface area contributed by atoms with Crippen molar-refractivity contribution in [2.75, 3.05) is 27.9 Å². The minimum absolute atomic E-state index is 0.0904. The Morgan fingerprint density at radius 1 is 1.09 bits per heavy atom. The number of nitrogens with zero attached hydrogens (tertiary/aromatic N) is 2.